The van der Waals surface area contributed by atoms with Gasteiger partial charge in [-0.25, -0.2) is 4.79 Å². The normalized spacial score (nSPS) is 12.1. The predicted octanol–water partition coefficient (Wildman–Crippen LogP) is 7.24. The number of likely N-dealkylation sites (N-methyl/N-ethyl adjacent to an activating group) is 1. The summed E-state index contributed by atoms with van der Waals surface area (Å²) in [5.74, 6) is 1.64. The van der Waals surface area contributed by atoms with Gasteiger partial charge in [-0.1, -0.05) is 86.3 Å². The fourth-order valence-electron chi connectivity index (χ4n) is 4.51. The highest BCUT2D eigenvalue weighted by Crippen LogP contribution is 2.19. The first kappa shape index (κ1) is 30.2. The van der Waals surface area contributed by atoms with Crippen molar-refractivity contribution in [3.63, 3.8) is 0 Å². The fourth-order valence-corrected chi connectivity index (χ4v) is 4.51. The van der Waals surface area contributed by atoms with E-state index >= 15 is 0 Å². The summed E-state index contributed by atoms with van der Waals surface area (Å²) in [6, 6.07) is 28.2. The molecule has 0 heterocycles. The minimum atomic E-state index is -0.150. The molecule has 0 spiro atoms. The molecule has 39 heavy (non-hydrogen) atoms. The Morgan fingerprint density at radius 3 is 1.74 bits per heavy atom. The Kier molecular flexibility index (Phi) is 12.9. The Bertz CT molecular complexity index is 1060. The zero-order chi connectivity index (χ0) is 27.8. The summed E-state index contributed by atoms with van der Waals surface area (Å²) in [6.07, 6.45) is 8.17. The monoisotopic (exact) mass is 532 g/mol. The Hall–Kier alpha value is -3.31. The fraction of sp³-hybridized carbons (Fsp3) is 0.441. The van der Waals surface area contributed by atoms with Crippen molar-refractivity contribution in [2.24, 2.45) is 0 Å². The molecule has 210 valence electrons. The van der Waals surface area contributed by atoms with Crippen molar-refractivity contribution < 1.29 is 23.5 Å². The number of ether oxygens (including phenoxy) is 3. The second kappa shape index (κ2) is 16.6. The van der Waals surface area contributed by atoms with Gasteiger partial charge in [-0.15, -0.1) is 0 Å². The van der Waals surface area contributed by atoms with Crippen molar-refractivity contribution in [1.82, 2.24) is 0 Å². The van der Waals surface area contributed by atoms with E-state index in [1.54, 1.807) is 0 Å². The molecule has 0 amide bonds. The van der Waals surface area contributed by atoms with Gasteiger partial charge in [0.05, 0.1) is 34.4 Å². The third-order valence-corrected chi connectivity index (χ3v) is 6.88. The van der Waals surface area contributed by atoms with Gasteiger partial charge in [0.2, 0.25) is 0 Å². The Labute approximate surface area is 235 Å². The second-order valence-electron chi connectivity index (χ2n) is 11.0. The van der Waals surface area contributed by atoms with Gasteiger partial charge in [-0.3, -0.25) is 0 Å². The average molecular weight is 533 g/mol. The molecule has 0 N–H and O–H groups in total. The Morgan fingerprint density at radius 1 is 0.641 bits per heavy atom. The van der Waals surface area contributed by atoms with Gasteiger partial charge in [0, 0.05) is 6.42 Å². The molecule has 0 aliphatic heterocycles. The van der Waals surface area contributed by atoms with Crippen molar-refractivity contribution in [2.45, 2.75) is 64.0 Å². The maximum absolute atomic E-state index is 12.8. The van der Waals surface area contributed by atoms with Gasteiger partial charge in [0.25, 0.3) is 0 Å². The van der Waals surface area contributed by atoms with Gasteiger partial charge in [-0.05, 0) is 54.7 Å². The highest BCUT2D eigenvalue weighted by molar-refractivity contribution is 5.74. The molecule has 0 radical (unpaired) electrons. The summed E-state index contributed by atoms with van der Waals surface area (Å²) in [7, 11) is 6.20. The molecule has 3 rings (SSSR count). The molecule has 3 aromatic rings. The molecular weight excluding hydrogens is 486 g/mol. The summed E-state index contributed by atoms with van der Waals surface area (Å²) >= 11 is 0. The second-order valence-corrected chi connectivity index (χ2v) is 11.0. The van der Waals surface area contributed by atoms with Crippen molar-refractivity contribution in [1.29, 1.82) is 0 Å². The summed E-state index contributed by atoms with van der Waals surface area (Å²) in [6.45, 7) is 1.79. The van der Waals surface area contributed by atoms with Crippen LogP contribution in [0.1, 0.15) is 56.1 Å². The number of esters is 1. The number of unbranched alkanes of at least 4 members (excludes halogenated alkanes) is 5. The van der Waals surface area contributed by atoms with E-state index in [2.05, 4.69) is 45.4 Å². The van der Waals surface area contributed by atoms with Gasteiger partial charge < -0.3 is 18.7 Å². The largest absolute Gasteiger partial charge is 0.494 e. The van der Waals surface area contributed by atoms with Gasteiger partial charge >= 0.3 is 5.97 Å². The SMILES string of the molecule is C[N+](C)(C)C(CCc1ccccc1)C(=O)OCCCCCCCCOc1ccc(OCc2ccccc2)cc1. The van der Waals surface area contributed by atoms with Crippen LogP contribution in [-0.4, -0.2) is 50.9 Å². The third kappa shape index (κ3) is 12.0. The first-order valence-corrected chi connectivity index (χ1v) is 14.3. The first-order valence-electron chi connectivity index (χ1n) is 14.3. The van der Waals surface area contributed by atoms with E-state index in [-0.39, 0.29) is 12.0 Å². The van der Waals surface area contributed by atoms with Crippen LogP contribution in [0.4, 0.5) is 0 Å². The lowest BCUT2D eigenvalue weighted by atomic mass is 10.0. The van der Waals surface area contributed by atoms with Crippen molar-refractivity contribution >= 4 is 5.97 Å². The number of quaternary nitrogens is 1. The molecule has 1 unspecified atom stereocenters. The molecule has 0 saturated heterocycles. The maximum Gasteiger partial charge on any atom is 0.364 e. The maximum atomic E-state index is 12.8. The van der Waals surface area contributed by atoms with Crippen LogP contribution in [-0.2, 0) is 22.6 Å². The number of aryl methyl sites for hydroxylation is 1. The molecule has 0 aromatic heterocycles. The highest BCUT2D eigenvalue weighted by atomic mass is 16.5. The summed E-state index contributed by atoms with van der Waals surface area (Å²) in [5.41, 5.74) is 2.41. The van der Waals surface area contributed by atoms with Gasteiger partial charge in [-0.2, -0.15) is 0 Å². The minimum Gasteiger partial charge on any atom is -0.494 e. The van der Waals surface area contributed by atoms with Crippen LogP contribution in [0.2, 0.25) is 0 Å². The quantitative estimate of drug-likeness (QED) is 0.0984. The molecule has 0 bridgehead atoms. The number of nitrogens with zero attached hydrogens (tertiary/aromatic N) is 1. The van der Waals surface area contributed by atoms with E-state index < -0.39 is 0 Å². The molecule has 0 saturated carbocycles. The van der Waals surface area contributed by atoms with Crippen molar-refractivity contribution in [3.05, 3.63) is 96.1 Å². The lowest BCUT2D eigenvalue weighted by Gasteiger charge is -2.32. The summed E-state index contributed by atoms with van der Waals surface area (Å²) in [4.78, 5) is 12.8. The number of benzene rings is 3. The van der Waals surface area contributed by atoms with Crippen molar-refractivity contribution in [3.8, 4) is 11.5 Å². The number of rotatable bonds is 18. The predicted molar refractivity (Wildman–Crippen MR) is 158 cm³/mol. The highest BCUT2D eigenvalue weighted by Gasteiger charge is 2.32. The molecular formula is C34H46NO4+. The zero-order valence-electron chi connectivity index (χ0n) is 24.0. The Balaban J connectivity index is 1.20. The first-order chi connectivity index (χ1) is 18.9. The lowest BCUT2D eigenvalue weighted by Crippen LogP contribution is -2.50. The van der Waals surface area contributed by atoms with E-state index in [9.17, 15) is 4.79 Å². The van der Waals surface area contributed by atoms with Gasteiger partial charge in [0.15, 0.2) is 6.04 Å². The lowest BCUT2D eigenvalue weighted by molar-refractivity contribution is -0.887. The number of carbonyl (C=O) groups excluding carboxylic acids is 1. The molecule has 1 atom stereocenters. The molecule has 5 nitrogen and oxygen atoms in total. The van der Waals surface area contributed by atoms with Crippen LogP contribution in [0, 0.1) is 0 Å². The smallest absolute Gasteiger partial charge is 0.364 e. The molecule has 5 heteroatoms. The van der Waals surface area contributed by atoms with Crippen LogP contribution >= 0.6 is 0 Å². The van der Waals surface area contributed by atoms with Crippen LogP contribution < -0.4 is 9.47 Å². The molecule has 0 aliphatic rings. The summed E-state index contributed by atoms with van der Waals surface area (Å²) in [5, 5.41) is 0. The van der Waals surface area contributed by atoms with Crippen molar-refractivity contribution in [2.75, 3.05) is 34.4 Å². The number of hydrogen-bond donors (Lipinski definition) is 0. The molecule has 0 aliphatic carbocycles. The third-order valence-electron chi connectivity index (χ3n) is 6.88. The van der Waals surface area contributed by atoms with E-state index in [1.807, 2.05) is 60.7 Å². The van der Waals surface area contributed by atoms with Crippen LogP contribution in [0.15, 0.2) is 84.9 Å². The van der Waals surface area contributed by atoms with Gasteiger partial charge in [0.1, 0.15) is 18.1 Å². The topological polar surface area (TPSA) is 44.8 Å². The standard InChI is InChI=1S/C34H46NO4/c1-35(2,3)33(25-20-29-16-10-8-11-17-29)34(36)38-27-15-7-5-4-6-14-26-37-31-21-23-32(24-22-31)39-28-30-18-12-9-13-19-30/h8-13,16-19,21-24,33H,4-7,14-15,20,25-28H2,1-3H3/q+1. The zero-order valence-corrected chi connectivity index (χ0v) is 24.0. The van der Waals surface area contributed by atoms with E-state index in [0.717, 1.165) is 68.6 Å². The van der Waals surface area contributed by atoms with Crippen LogP contribution in [0.3, 0.4) is 0 Å². The van der Waals surface area contributed by atoms with E-state index in [0.29, 0.717) is 17.7 Å². The minimum absolute atomic E-state index is 0.0774. The number of carbonyl (C=O) groups is 1. The summed E-state index contributed by atoms with van der Waals surface area (Å²) < 4.78 is 18.0. The van der Waals surface area contributed by atoms with E-state index in [4.69, 9.17) is 14.2 Å². The van der Waals surface area contributed by atoms with Crippen LogP contribution in [0.25, 0.3) is 0 Å². The Morgan fingerprint density at radius 2 is 1.15 bits per heavy atom. The molecule has 0 fully saturated rings. The van der Waals surface area contributed by atoms with E-state index in [1.165, 1.54) is 12.0 Å². The van der Waals surface area contributed by atoms with Crippen LogP contribution in [0.5, 0.6) is 11.5 Å². The number of hydrogen-bond acceptors (Lipinski definition) is 4. The average Bonchev–Trinajstić information content (AvgIpc) is 2.94. The molecule has 3 aromatic carbocycles.